The van der Waals surface area contributed by atoms with Crippen LogP contribution in [0, 0.1) is 11.8 Å². The van der Waals surface area contributed by atoms with Crippen molar-refractivity contribution in [2.45, 2.75) is 63.8 Å². The quantitative estimate of drug-likeness (QED) is 0.728. The minimum atomic E-state index is 0.855. The molecule has 2 rings (SSSR count). The van der Waals surface area contributed by atoms with Crippen LogP contribution in [0.2, 0.25) is 0 Å². The average Bonchev–Trinajstić information content (AvgIpc) is 2.93. The van der Waals surface area contributed by atoms with E-state index in [0.29, 0.717) is 0 Å². The maximum absolute atomic E-state index is 3.58. The first kappa shape index (κ1) is 10.5. The lowest BCUT2D eigenvalue weighted by Crippen LogP contribution is -2.35. The molecule has 82 valence electrons. The summed E-state index contributed by atoms with van der Waals surface area (Å²) in [5, 5.41) is 3.58. The smallest absolute Gasteiger partial charge is 0.0121 e. The number of hydrogen-bond donors (Lipinski definition) is 1. The van der Waals surface area contributed by atoms with Crippen molar-refractivity contribution < 1.29 is 0 Å². The standard InChI is InChI=1S/C13H25N/c1-14-13(12-9-10-12)11-7-5-3-2-4-6-8-11/h11-14H,2-10H2,1H3. The molecule has 0 heterocycles. The van der Waals surface area contributed by atoms with Crippen LogP contribution in [0.15, 0.2) is 0 Å². The number of rotatable bonds is 3. The lowest BCUT2D eigenvalue weighted by atomic mass is 9.84. The summed E-state index contributed by atoms with van der Waals surface area (Å²) in [6, 6.07) is 0.855. The Kier molecular flexibility index (Phi) is 3.86. The van der Waals surface area contributed by atoms with Crippen molar-refractivity contribution >= 4 is 0 Å². The zero-order chi connectivity index (χ0) is 9.80. The second-order valence-electron chi connectivity index (χ2n) is 5.26. The molecule has 1 N–H and O–H groups in total. The first-order valence-corrected chi connectivity index (χ1v) is 6.59. The van der Waals surface area contributed by atoms with Gasteiger partial charge in [0.05, 0.1) is 0 Å². The lowest BCUT2D eigenvalue weighted by Gasteiger charge is -2.28. The van der Waals surface area contributed by atoms with E-state index in [1.165, 1.54) is 57.8 Å². The molecule has 0 aromatic heterocycles. The van der Waals surface area contributed by atoms with Crippen molar-refractivity contribution in [1.82, 2.24) is 5.32 Å². The van der Waals surface area contributed by atoms with E-state index >= 15 is 0 Å². The van der Waals surface area contributed by atoms with Gasteiger partial charge in [0.2, 0.25) is 0 Å². The Hall–Kier alpha value is -0.0400. The van der Waals surface area contributed by atoms with Crippen molar-refractivity contribution in [2.24, 2.45) is 11.8 Å². The van der Waals surface area contributed by atoms with Crippen LogP contribution in [-0.2, 0) is 0 Å². The molecule has 0 saturated heterocycles. The van der Waals surface area contributed by atoms with Crippen LogP contribution in [-0.4, -0.2) is 13.1 Å². The van der Waals surface area contributed by atoms with E-state index in [-0.39, 0.29) is 0 Å². The van der Waals surface area contributed by atoms with Gasteiger partial charge in [0, 0.05) is 6.04 Å². The van der Waals surface area contributed by atoms with E-state index in [2.05, 4.69) is 12.4 Å². The third-order valence-electron chi connectivity index (χ3n) is 4.12. The van der Waals surface area contributed by atoms with Gasteiger partial charge in [-0.05, 0) is 44.6 Å². The number of nitrogens with one attached hydrogen (secondary N) is 1. The highest BCUT2D eigenvalue weighted by Crippen LogP contribution is 2.39. The highest BCUT2D eigenvalue weighted by Gasteiger charge is 2.34. The molecule has 2 aliphatic carbocycles. The van der Waals surface area contributed by atoms with Gasteiger partial charge >= 0.3 is 0 Å². The molecule has 2 aliphatic rings. The van der Waals surface area contributed by atoms with Gasteiger partial charge < -0.3 is 5.32 Å². The van der Waals surface area contributed by atoms with Crippen LogP contribution >= 0.6 is 0 Å². The summed E-state index contributed by atoms with van der Waals surface area (Å²) in [5.74, 6) is 2.03. The molecular weight excluding hydrogens is 170 g/mol. The Bertz CT molecular complexity index is 155. The second kappa shape index (κ2) is 5.16. The molecule has 2 saturated carbocycles. The van der Waals surface area contributed by atoms with Gasteiger partial charge in [-0.25, -0.2) is 0 Å². The Morgan fingerprint density at radius 1 is 0.786 bits per heavy atom. The zero-order valence-electron chi connectivity index (χ0n) is 9.60. The molecule has 0 bridgehead atoms. The summed E-state index contributed by atoms with van der Waals surface area (Å²) in [4.78, 5) is 0. The van der Waals surface area contributed by atoms with Crippen LogP contribution in [0.4, 0.5) is 0 Å². The normalized spacial score (nSPS) is 28.1. The molecular formula is C13H25N. The Morgan fingerprint density at radius 2 is 1.29 bits per heavy atom. The van der Waals surface area contributed by atoms with Crippen molar-refractivity contribution in [3.63, 3.8) is 0 Å². The summed E-state index contributed by atoms with van der Waals surface area (Å²) < 4.78 is 0. The third kappa shape index (κ3) is 2.73. The van der Waals surface area contributed by atoms with Gasteiger partial charge in [0.25, 0.3) is 0 Å². The summed E-state index contributed by atoms with van der Waals surface area (Å²) in [6.45, 7) is 0. The Balaban J connectivity index is 1.84. The summed E-state index contributed by atoms with van der Waals surface area (Å²) >= 11 is 0. The van der Waals surface area contributed by atoms with Gasteiger partial charge in [0.15, 0.2) is 0 Å². The fourth-order valence-electron chi connectivity index (χ4n) is 3.16. The van der Waals surface area contributed by atoms with Gasteiger partial charge in [-0.3, -0.25) is 0 Å². The monoisotopic (exact) mass is 195 g/mol. The van der Waals surface area contributed by atoms with E-state index in [4.69, 9.17) is 0 Å². The van der Waals surface area contributed by atoms with Crippen LogP contribution < -0.4 is 5.32 Å². The molecule has 1 heteroatoms. The van der Waals surface area contributed by atoms with Crippen molar-refractivity contribution in [1.29, 1.82) is 0 Å². The van der Waals surface area contributed by atoms with Gasteiger partial charge in [0.1, 0.15) is 0 Å². The summed E-state index contributed by atoms with van der Waals surface area (Å²) in [7, 11) is 2.17. The Morgan fingerprint density at radius 3 is 1.79 bits per heavy atom. The molecule has 1 nitrogen and oxygen atoms in total. The van der Waals surface area contributed by atoms with E-state index in [1.807, 2.05) is 0 Å². The molecule has 0 aromatic carbocycles. The first-order chi connectivity index (χ1) is 6.92. The molecule has 0 aromatic rings. The minimum Gasteiger partial charge on any atom is -0.316 e. The average molecular weight is 195 g/mol. The van der Waals surface area contributed by atoms with Crippen LogP contribution in [0.5, 0.6) is 0 Å². The van der Waals surface area contributed by atoms with E-state index in [9.17, 15) is 0 Å². The Labute approximate surface area is 88.7 Å². The van der Waals surface area contributed by atoms with E-state index in [0.717, 1.165) is 17.9 Å². The predicted octanol–water partition coefficient (Wildman–Crippen LogP) is 3.34. The molecule has 0 spiro atoms. The third-order valence-corrected chi connectivity index (χ3v) is 4.12. The molecule has 0 aliphatic heterocycles. The highest BCUT2D eigenvalue weighted by molar-refractivity contribution is 4.90. The molecule has 0 radical (unpaired) electrons. The molecule has 14 heavy (non-hydrogen) atoms. The summed E-state index contributed by atoms with van der Waals surface area (Å²) in [6.07, 6.45) is 13.4. The predicted molar refractivity (Wildman–Crippen MR) is 61.4 cm³/mol. The molecule has 1 unspecified atom stereocenters. The van der Waals surface area contributed by atoms with Crippen LogP contribution in [0.3, 0.4) is 0 Å². The fourth-order valence-corrected chi connectivity index (χ4v) is 3.16. The van der Waals surface area contributed by atoms with Gasteiger partial charge in [-0.2, -0.15) is 0 Å². The fraction of sp³-hybridized carbons (Fsp3) is 1.00. The van der Waals surface area contributed by atoms with Crippen molar-refractivity contribution in [2.75, 3.05) is 7.05 Å². The maximum atomic E-state index is 3.58. The van der Waals surface area contributed by atoms with Crippen molar-refractivity contribution in [3.05, 3.63) is 0 Å². The minimum absolute atomic E-state index is 0.855. The van der Waals surface area contributed by atoms with E-state index in [1.54, 1.807) is 0 Å². The van der Waals surface area contributed by atoms with Crippen molar-refractivity contribution in [3.8, 4) is 0 Å². The maximum Gasteiger partial charge on any atom is 0.0121 e. The zero-order valence-corrected chi connectivity index (χ0v) is 9.60. The van der Waals surface area contributed by atoms with Crippen LogP contribution in [0.1, 0.15) is 57.8 Å². The first-order valence-electron chi connectivity index (χ1n) is 6.59. The summed E-state index contributed by atoms with van der Waals surface area (Å²) in [5.41, 5.74) is 0. The van der Waals surface area contributed by atoms with Gasteiger partial charge in [-0.1, -0.05) is 32.1 Å². The number of hydrogen-bond acceptors (Lipinski definition) is 1. The molecule has 2 fully saturated rings. The topological polar surface area (TPSA) is 12.0 Å². The second-order valence-corrected chi connectivity index (χ2v) is 5.26. The highest BCUT2D eigenvalue weighted by atomic mass is 14.9. The molecule has 1 atom stereocenters. The largest absolute Gasteiger partial charge is 0.316 e. The van der Waals surface area contributed by atoms with Gasteiger partial charge in [-0.15, -0.1) is 0 Å². The lowest BCUT2D eigenvalue weighted by molar-refractivity contribution is 0.273. The van der Waals surface area contributed by atoms with Crippen LogP contribution in [0.25, 0.3) is 0 Å². The SMILES string of the molecule is CNC(C1CCCCCCC1)C1CC1. The van der Waals surface area contributed by atoms with E-state index < -0.39 is 0 Å². The molecule has 0 amide bonds.